The Morgan fingerprint density at radius 2 is 2.28 bits per heavy atom. The average Bonchev–Trinajstić information content (AvgIpc) is 2.39. The lowest BCUT2D eigenvalue weighted by atomic mass is 10.1. The summed E-state index contributed by atoms with van der Waals surface area (Å²) in [6.45, 7) is 3.96. The molecule has 1 atom stereocenters. The lowest BCUT2D eigenvalue weighted by Gasteiger charge is -2.16. The van der Waals surface area contributed by atoms with E-state index in [0.29, 0.717) is 12.1 Å². The molecule has 0 spiro atoms. The summed E-state index contributed by atoms with van der Waals surface area (Å²) in [5, 5.41) is 2.90. The predicted molar refractivity (Wildman–Crippen MR) is 65.9 cm³/mol. The Hall–Kier alpha value is -1.88. The van der Waals surface area contributed by atoms with Gasteiger partial charge in [-0.2, -0.15) is 0 Å². The molecule has 0 fully saturated rings. The first-order valence-corrected chi connectivity index (χ1v) is 5.39. The molecule has 0 radical (unpaired) electrons. The zero-order valence-corrected chi connectivity index (χ0v) is 10.4. The molecule has 0 aliphatic heterocycles. The minimum atomic E-state index is -0.728. The highest BCUT2D eigenvalue weighted by Crippen LogP contribution is 2.22. The van der Waals surface area contributed by atoms with Crippen LogP contribution in [0.3, 0.4) is 0 Å². The fourth-order valence-electron chi connectivity index (χ4n) is 1.52. The molecular formula is C13H16FNO3. The number of hydrogen-bond acceptors (Lipinski definition) is 4. The zero-order chi connectivity index (χ0) is 13.5. The van der Waals surface area contributed by atoms with Gasteiger partial charge in [0, 0.05) is 6.54 Å². The fourth-order valence-corrected chi connectivity index (χ4v) is 1.52. The van der Waals surface area contributed by atoms with Crippen LogP contribution in [0.5, 0.6) is 5.75 Å². The molecule has 98 valence electrons. The quantitative estimate of drug-likeness (QED) is 0.620. The Morgan fingerprint density at radius 3 is 2.78 bits per heavy atom. The van der Waals surface area contributed by atoms with Crippen molar-refractivity contribution in [2.45, 2.75) is 6.04 Å². The maximum Gasteiger partial charge on any atom is 0.327 e. The van der Waals surface area contributed by atoms with Gasteiger partial charge >= 0.3 is 5.97 Å². The Bertz CT molecular complexity index is 434. The van der Waals surface area contributed by atoms with E-state index in [0.717, 1.165) is 0 Å². The first kappa shape index (κ1) is 14.2. The number of ether oxygens (including phenoxy) is 2. The molecule has 0 aliphatic rings. The molecule has 0 aliphatic carbocycles. The molecule has 1 unspecified atom stereocenters. The third kappa shape index (κ3) is 3.30. The largest absolute Gasteiger partial charge is 0.494 e. The van der Waals surface area contributed by atoms with Crippen LogP contribution in [0, 0.1) is 5.82 Å². The standard InChI is InChI=1S/C13H16FNO3/c1-4-7-15-12(13(16)18-3)9-5-6-11(17-2)10(14)8-9/h4-6,8,12,15H,1,7H2,2-3H3. The molecule has 1 rings (SSSR count). The van der Waals surface area contributed by atoms with Crippen molar-refractivity contribution in [1.82, 2.24) is 5.32 Å². The van der Waals surface area contributed by atoms with E-state index in [1.807, 2.05) is 0 Å². The zero-order valence-electron chi connectivity index (χ0n) is 10.4. The van der Waals surface area contributed by atoms with E-state index in [-0.39, 0.29) is 5.75 Å². The monoisotopic (exact) mass is 253 g/mol. The van der Waals surface area contributed by atoms with Crippen LogP contribution in [0.25, 0.3) is 0 Å². The second-order valence-electron chi connectivity index (χ2n) is 3.55. The molecule has 4 nitrogen and oxygen atoms in total. The topological polar surface area (TPSA) is 47.6 Å². The van der Waals surface area contributed by atoms with Crippen molar-refractivity contribution < 1.29 is 18.7 Å². The average molecular weight is 253 g/mol. The van der Waals surface area contributed by atoms with E-state index in [1.54, 1.807) is 12.1 Å². The summed E-state index contributed by atoms with van der Waals surface area (Å²) in [5.41, 5.74) is 0.474. The van der Waals surface area contributed by atoms with E-state index in [4.69, 9.17) is 4.74 Å². The predicted octanol–water partition coefficient (Wildman–Crippen LogP) is 1.82. The van der Waals surface area contributed by atoms with Gasteiger partial charge in [0.2, 0.25) is 0 Å². The number of halogens is 1. The maximum absolute atomic E-state index is 13.6. The van der Waals surface area contributed by atoms with Gasteiger partial charge in [0.25, 0.3) is 0 Å². The highest BCUT2D eigenvalue weighted by atomic mass is 19.1. The molecule has 0 bridgehead atoms. The van der Waals surface area contributed by atoms with Crippen LogP contribution in [0.1, 0.15) is 11.6 Å². The van der Waals surface area contributed by atoms with E-state index >= 15 is 0 Å². The summed E-state index contributed by atoms with van der Waals surface area (Å²) < 4.78 is 23.1. The molecule has 0 amide bonds. The lowest BCUT2D eigenvalue weighted by molar-refractivity contribution is -0.143. The Balaban J connectivity index is 3.00. The van der Waals surface area contributed by atoms with Crippen molar-refractivity contribution in [3.05, 3.63) is 42.2 Å². The molecule has 0 heterocycles. The van der Waals surface area contributed by atoms with Crippen molar-refractivity contribution in [2.75, 3.05) is 20.8 Å². The highest BCUT2D eigenvalue weighted by molar-refractivity contribution is 5.77. The molecule has 5 heteroatoms. The van der Waals surface area contributed by atoms with Crippen LogP contribution >= 0.6 is 0 Å². The third-order valence-corrected chi connectivity index (χ3v) is 2.41. The van der Waals surface area contributed by atoms with Gasteiger partial charge < -0.3 is 9.47 Å². The number of benzene rings is 1. The molecule has 0 aromatic heterocycles. The summed E-state index contributed by atoms with van der Waals surface area (Å²) in [5.74, 6) is -0.878. The van der Waals surface area contributed by atoms with Crippen molar-refractivity contribution in [2.24, 2.45) is 0 Å². The lowest BCUT2D eigenvalue weighted by Crippen LogP contribution is -2.29. The molecule has 0 saturated carbocycles. The molecule has 18 heavy (non-hydrogen) atoms. The number of carbonyl (C=O) groups excluding carboxylic acids is 1. The Kier molecular flexibility index (Phi) is 5.32. The van der Waals surface area contributed by atoms with Crippen molar-refractivity contribution in [3.8, 4) is 5.75 Å². The molecule has 1 aromatic rings. The second kappa shape index (κ2) is 6.76. The van der Waals surface area contributed by atoms with Gasteiger partial charge in [-0.05, 0) is 17.7 Å². The van der Waals surface area contributed by atoms with Crippen molar-refractivity contribution >= 4 is 5.97 Å². The Morgan fingerprint density at radius 1 is 1.56 bits per heavy atom. The van der Waals surface area contributed by atoms with E-state index in [1.165, 1.54) is 26.4 Å². The van der Waals surface area contributed by atoms with Gasteiger partial charge in [-0.3, -0.25) is 5.32 Å². The van der Waals surface area contributed by atoms with Crippen LogP contribution in [0.2, 0.25) is 0 Å². The maximum atomic E-state index is 13.6. The molecule has 1 N–H and O–H groups in total. The minimum absolute atomic E-state index is 0.131. The number of hydrogen-bond donors (Lipinski definition) is 1. The summed E-state index contributed by atoms with van der Waals surface area (Å²) >= 11 is 0. The smallest absolute Gasteiger partial charge is 0.327 e. The first-order chi connectivity index (χ1) is 8.63. The van der Waals surface area contributed by atoms with E-state index < -0.39 is 17.8 Å². The molecule has 1 aromatic carbocycles. The summed E-state index contributed by atoms with van der Waals surface area (Å²) in [6.07, 6.45) is 1.61. The van der Waals surface area contributed by atoms with Gasteiger partial charge in [0.15, 0.2) is 11.6 Å². The van der Waals surface area contributed by atoms with Gasteiger partial charge in [-0.1, -0.05) is 12.1 Å². The Labute approximate surface area is 105 Å². The second-order valence-corrected chi connectivity index (χ2v) is 3.55. The number of rotatable bonds is 6. The van der Waals surface area contributed by atoms with Crippen LogP contribution < -0.4 is 10.1 Å². The number of carbonyl (C=O) groups is 1. The van der Waals surface area contributed by atoms with Crippen LogP contribution in [0.15, 0.2) is 30.9 Å². The number of esters is 1. The van der Waals surface area contributed by atoms with Crippen LogP contribution in [0.4, 0.5) is 4.39 Å². The normalized spacial score (nSPS) is 11.7. The minimum Gasteiger partial charge on any atom is -0.494 e. The molecule has 0 saturated heterocycles. The van der Waals surface area contributed by atoms with Crippen molar-refractivity contribution in [1.29, 1.82) is 0 Å². The van der Waals surface area contributed by atoms with E-state index in [9.17, 15) is 9.18 Å². The number of methoxy groups -OCH3 is 2. The highest BCUT2D eigenvalue weighted by Gasteiger charge is 2.21. The number of nitrogens with one attached hydrogen (secondary N) is 1. The molecular weight excluding hydrogens is 237 g/mol. The van der Waals surface area contributed by atoms with Gasteiger partial charge in [0.1, 0.15) is 6.04 Å². The van der Waals surface area contributed by atoms with Gasteiger partial charge in [-0.25, -0.2) is 9.18 Å². The van der Waals surface area contributed by atoms with Crippen LogP contribution in [-0.4, -0.2) is 26.7 Å². The summed E-state index contributed by atoms with van der Waals surface area (Å²) in [7, 11) is 2.66. The third-order valence-electron chi connectivity index (χ3n) is 2.41. The fraction of sp³-hybridized carbons (Fsp3) is 0.308. The van der Waals surface area contributed by atoms with Gasteiger partial charge in [-0.15, -0.1) is 6.58 Å². The summed E-state index contributed by atoms with van der Waals surface area (Å²) in [6, 6.07) is 3.60. The van der Waals surface area contributed by atoms with Crippen molar-refractivity contribution in [3.63, 3.8) is 0 Å². The van der Waals surface area contributed by atoms with Crippen LogP contribution in [-0.2, 0) is 9.53 Å². The SMILES string of the molecule is C=CCNC(C(=O)OC)c1ccc(OC)c(F)c1. The van der Waals surface area contributed by atoms with E-state index in [2.05, 4.69) is 16.6 Å². The van der Waals surface area contributed by atoms with Gasteiger partial charge in [0.05, 0.1) is 14.2 Å². The summed E-state index contributed by atoms with van der Waals surface area (Å²) in [4.78, 5) is 11.6. The first-order valence-electron chi connectivity index (χ1n) is 5.39.